The van der Waals surface area contributed by atoms with E-state index < -0.39 is 0 Å². The molecule has 0 aliphatic rings. The van der Waals surface area contributed by atoms with Crippen LogP contribution in [-0.2, 0) is 0 Å². The molecule has 5 nitrogen and oxygen atoms in total. The third-order valence-corrected chi connectivity index (χ3v) is 4.27. The van der Waals surface area contributed by atoms with E-state index in [4.69, 9.17) is 16.0 Å². The quantitative estimate of drug-likeness (QED) is 0.665. The molecule has 24 heavy (non-hydrogen) atoms. The Bertz CT molecular complexity index is 849. The fraction of sp³-hybridized carbons (Fsp3) is 0.118. The SMILES string of the molecule is CCSc1ccc(C(=O)Nc2nnc(-c3cccc(Cl)c3)o2)cc1. The van der Waals surface area contributed by atoms with Crippen LogP contribution < -0.4 is 5.32 Å². The van der Waals surface area contributed by atoms with E-state index in [0.29, 0.717) is 22.0 Å². The van der Waals surface area contributed by atoms with Crippen molar-refractivity contribution in [1.29, 1.82) is 0 Å². The molecule has 2 aromatic carbocycles. The van der Waals surface area contributed by atoms with E-state index in [9.17, 15) is 4.79 Å². The number of halogens is 1. The molecule has 7 heteroatoms. The van der Waals surface area contributed by atoms with Gasteiger partial charge in [0.1, 0.15) is 0 Å². The maximum Gasteiger partial charge on any atom is 0.322 e. The van der Waals surface area contributed by atoms with Gasteiger partial charge in [-0.05, 0) is 48.2 Å². The number of hydrogen-bond acceptors (Lipinski definition) is 5. The van der Waals surface area contributed by atoms with Gasteiger partial charge in [0.05, 0.1) is 0 Å². The van der Waals surface area contributed by atoms with E-state index in [-0.39, 0.29) is 11.9 Å². The molecule has 3 aromatic rings. The van der Waals surface area contributed by atoms with Crippen molar-refractivity contribution in [3.05, 3.63) is 59.1 Å². The molecule has 0 aliphatic carbocycles. The highest BCUT2D eigenvalue weighted by atomic mass is 35.5. The third-order valence-electron chi connectivity index (χ3n) is 3.14. The average molecular weight is 360 g/mol. The highest BCUT2D eigenvalue weighted by molar-refractivity contribution is 7.99. The number of aromatic nitrogens is 2. The monoisotopic (exact) mass is 359 g/mol. The van der Waals surface area contributed by atoms with Gasteiger partial charge in [-0.2, -0.15) is 0 Å². The molecule has 1 aromatic heterocycles. The Kier molecular flexibility index (Phi) is 5.17. The lowest BCUT2D eigenvalue weighted by atomic mass is 10.2. The minimum Gasteiger partial charge on any atom is -0.403 e. The second kappa shape index (κ2) is 7.51. The lowest BCUT2D eigenvalue weighted by molar-refractivity contribution is 0.102. The summed E-state index contributed by atoms with van der Waals surface area (Å²) in [7, 11) is 0. The van der Waals surface area contributed by atoms with Gasteiger partial charge in [-0.15, -0.1) is 16.9 Å². The lowest BCUT2D eigenvalue weighted by Gasteiger charge is -2.02. The van der Waals surface area contributed by atoms with Crippen LogP contribution in [0.3, 0.4) is 0 Å². The van der Waals surface area contributed by atoms with Crippen LogP contribution in [0.25, 0.3) is 11.5 Å². The average Bonchev–Trinajstić information content (AvgIpc) is 3.04. The van der Waals surface area contributed by atoms with Crippen molar-refractivity contribution in [1.82, 2.24) is 10.2 Å². The minimum atomic E-state index is -0.302. The van der Waals surface area contributed by atoms with Gasteiger partial charge in [0.25, 0.3) is 5.91 Å². The number of thioether (sulfide) groups is 1. The van der Waals surface area contributed by atoms with Gasteiger partial charge in [-0.25, -0.2) is 0 Å². The zero-order chi connectivity index (χ0) is 16.9. The van der Waals surface area contributed by atoms with Crippen molar-refractivity contribution in [2.45, 2.75) is 11.8 Å². The second-order valence-electron chi connectivity index (χ2n) is 4.83. The van der Waals surface area contributed by atoms with Crippen LogP contribution in [0.1, 0.15) is 17.3 Å². The van der Waals surface area contributed by atoms with Crippen molar-refractivity contribution in [2.75, 3.05) is 11.1 Å². The summed E-state index contributed by atoms with van der Waals surface area (Å²) in [5, 5.41) is 10.9. The minimum absolute atomic E-state index is 0.0435. The fourth-order valence-corrected chi connectivity index (χ4v) is 2.90. The second-order valence-corrected chi connectivity index (χ2v) is 6.61. The van der Waals surface area contributed by atoms with Crippen molar-refractivity contribution in [2.24, 2.45) is 0 Å². The van der Waals surface area contributed by atoms with Crippen molar-refractivity contribution < 1.29 is 9.21 Å². The molecule has 0 fully saturated rings. The van der Waals surface area contributed by atoms with Crippen LogP contribution in [0.5, 0.6) is 0 Å². The van der Waals surface area contributed by atoms with E-state index in [1.54, 1.807) is 48.2 Å². The molecule has 1 heterocycles. The van der Waals surface area contributed by atoms with Crippen LogP contribution >= 0.6 is 23.4 Å². The normalized spacial score (nSPS) is 10.6. The molecule has 1 amide bonds. The Morgan fingerprint density at radius 3 is 2.71 bits per heavy atom. The molecule has 0 saturated heterocycles. The molecule has 0 radical (unpaired) electrons. The van der Waals surface area contributed by atoms with E-state index in [2.05, 4.69) is 22.4 Å². The molecule has 0 saturated carbocycles. The molecule has 122 valence electrons. The summed E-state index contributed by atoms with van der Waals surface area (Å²) in [6.07, 6.45) is 0. The number of nitrogens with one attached hydrogen (secondary N) is 1. The maximum atomic E-state index is 12.2. The lowest BCUT2D eigenvalue weighted by Crippen LogP contribution is -2.11. The first-order chi connectivity index (χ1) is 11.7. The molecule has 0 spiro atoms. The number of rotatable bonds is 5. The van der Waals surface area contributed by atoms with E-state index in [0.717, 1.165) is 10.6 Å². The van der Waals surface area contributed by atoms with Gasteiger partial charge in [0.15, 0.2) is 0 Å². The first kappa shape index (κ1) is 16.5. The smallest absolute Gasteiger partial charge is 0.322 e. The molecule has 3 rings (SSSR count). The van der Waals surface area contributed by atoms with Crippen molar-refractivity contribution in [3.8, 4) is 11.5 Å². The standard InChI is InChI=1S/C17H14ClN3O2S/c1-2-24-14-8-6-11(7-9-14)15(22)19-17-21-20-16(23-17)12-4-3-5-13(18)10-12/h3-10H,2H2,1H3,(H,19,21,22). The zero-order valence-corrected chi connectivity index (χ0v) is 14.4. The Balaban J connectivity index is 1.71. The fourth-order valence-electron chi connectivity index (χ4n) is 2.05. The zero-order valence-electron chi connectivity index (χ0n) is 12.8. The first-order valence-electron chi connectivity index (χ1n) is 7.29. The summed E-state index contributed by atoms with van der Waals surface area (Å²) < 4.78 is 5.46. The number of hydrogen-bond donors (Lipinski definition) is 1. The largest absolute Gasteiger partial charge is 0.403 e. The summed E-state index contributed by atoms with van der Waals surface area (Å²) in [5.74, 6) is 0.978. The molecule has 0 aliphatic heterocycles. The maximum absolute atomic E-state index is 12.2. The topological polar surface area (TPSA) is 68.0 Å². The highest BCUT2D eigenvalue weighted by Gasteiger charge is 2.13. The Hall–Kier alpha value is -2.31. The Morgan fingerprint density at radius 2 is 2.00 bits per heavy atom. The molecular weight excluding hydrogens is 346 g/mol. The summed E-state index contributed by atoms with van der Waals surface area (Å²) >= 11 is 7.66. The predicted molar refractivity (Wildman–Crippen MR) is 95.5 cm³/mol. The van der Waals surface area contributed by atoms with Gasteiger partial charge < -0.3 is 4.42 Å². The summed E-state index contributed by atoms with van der Waals surface area (Å²) in [6, 6.07) is 14.5. The molecule has 1 N–H and O–H groups in total. The van der Waals surface area contributed by atoms with E-state index >= 15 is 0 Å². The number of amides is 1. The van der Waals surface area contributed by atoms with Gasteiger partial charge in [-0.1, -0.05) is 29.7 Å². The molecule has 0 unspecified atom stereocenters. The van der Waals surface area contributed by atoms with Gasteiger partial charge in [0.2, 0.25) is 5.89 Å². The van der Waals surface area contributed by atoms with Gasteiger partial charge >= 0.3 is 6.01 Å². The summed E-state index contributed by atoms with van der Waals surface area (Å²) in [5.41, 5.74) is 1.22. The van der Waals surface area contributed by atoms with Crippen molar-refractivity contribution >= 4 is 35.3 Å². The number of benzene rings is 2. The van der Waals surface area contributed by atoms with Crippen LogP contribution in [0.15, 0.2) is 57.8 Å². The van der Waals surface area contributed by atoms with Crippen molar-refractivity contribution in [3.63, 3.8) is 0 Å². The highest BCUT2D eigenvalue weighted by Crippen LogP contribution is 2.23. The Morgan fingerprint density at radius 1 is 1.21 bits per heavy atom. The number of carbonyl (C=O) groups excluding carboxylic acids is 1. The van der Waals surface area contributed by atoms with E-state index in [1.807, 2.05) is 12.1 Å². The van der Waals surface area contributed by atoms with Crippen LogP contribution in [-0.4, -0.2) is 21.9 Å². The Labute approximate surface area is 148 Å². The molecule has 0 bridgehead atoms. The number of anilines is 1. The van der Waals surface area contributed by atoms with Gasteiger partial charge in [-0.3, -0.25) is 10.1 Å². The van der Waals surface area contributed by atoms with Crippen LogP contribution in [0.2, 0.25) is 5.02 Å². The number of nitrogens with zero attached hydrogens (tertiary/aromatic N) is 2. The summed E-state index contributed by atoms with van der Waals surface area (Å²) in [6.45, 7) is 2.08. The molecule has 0 atom stereocenters. The van der Waals surface area contributed by atoms with Gasteiger partial charge in [0, 0.05) is 21.0 Å². The third kappa shape index (κ3) is 3.96. The summed E-state index contributed by atoms with van der Waals surface area (Å²) in [4.78, 5) is 13.3. The molecular formula is C17H14ClN3O2S. The predicted octanol–water partition coefficient (Wildman–Crippen LogP) is 4.75. The van der Waals surface area contributed by atoms with Crippen LogP contribution in [0.4, 0.5) is 6.01 Å². The van der Waals surface area contributed by atoms with Crippen LogP contribution in [0, 0.1) is 0 Å². The first-order valence-corrected chi connectivity index (χ1v) is 8.65. The van der Waals surface area contributed by atoms with E-state index in [1.165, 1.54) is 0 Å². The number of carbonyl (C=O) groups is 1.